The second-order valence-electron chi connectivity index (χ2n) is 7.23. The number of nitrogens with zero attached hydrogens (tertiary/aromatic N) is 2. The summed E-state index contributed by atoms with van der Waals surface area (Å²) in [6, 6.07) is 8.28. The molecule has 1 saturated heterocycles. The molecule has 0 aliphatic carbocycles. The number of fused-ring (bicyclic) bond motifs is 1. The van der Waals surface area contributed by atoms with Gasteiger partial charge in [-0.2, -0.15) is 0 Å². The molecule has 0 saturated carbocycles. The number of ether oxygens (including phenoxy) is 1. The Morgan fingerprint density at radius 3 is 2.71 bits per heavy atom. The Hall–Kier alpha value is -3.15. The summed E-state index contributed by atoms with van der Waals surface area (Å²) in [5.74, 6) is -0.594. The van der Waals surface area contributed by atoms with Gasteiger partial charge >= 0.3 is 0 Å². The number of carbonyl (C=O) groups excluding carboxylic acids is 2. The van der Waals surface area contributed by atoms with Crippen molar-refractivity contribution in [2.75, 3.05) is 6.54 Å². The summed E-state index contributed by atoms with van der Waals surface area (Å²) in [7, 11) is 0. The summed E-state index contributed by atoms with van der Waals surface area (Å²) >= 11 is 0. The molecule has 6 heteroatoms. The lowest BCUT2D eigenvalue weighted by molar-refractivity contribution is -0.139. The van der Waals surface area contributed by atoms with E-state index in [2.05, 4.69) is 4.98 Å². The van der Waals surface area contributed by atoms with Crippen LogP contribution in [0.1, 0.15) is 43.0 Å². The molecule has 2 atom stereocenters. The van der Waals surface area contributed by atoms with Crippen LogP contribution in [-0.2, 0) is 16.0 Å². The zero-order valence-electron chi connectivity index (χ0n) is 15.9. The average molecular weight is 378 g/mol. The topological polar surface area (TPSA) is 79.7 Å². The van der Waals surface area contributed by atoms with Gasteiger partial charge in [0.25, 0.3) is 11.7 Å². The molecule has 0 spiro atoms. The largest absolute Gasteiger partial charge is 0.507 e. The van der Waals surface area contributed by atoms with E-state index >= 15 is 0 Å². The molecule has 1 N–H and O–H groups in total. The normalized spacial score (nSPS) is 23.0. The first-order chi connectivity index (χ1) is 13.5. The molecule has 1 fully saturated rings. The maximum Gasteiger partial charge on any atom is 0.295 e. The minimum atomic E-state index is -0.655. The number of amides is 1. The van der Waals surface area contributed by atoms with Crippen molar-refractivity contribution in [1.29, 1.82) is 0 Å². The van der Waals surface area contributed by atoms with Crippen molar-refractivity contribution in [3.05, 3.63) is 65.0 Å². The SMILES string of the molecule is CCCN1C(=O)C(=O)/C(=C(\O)c2ccc3c(c2)CC(C)O3)C1c1ccncc1. The first-order valence-electron chi connectivity index (χ1n) is 9.49. The number of pyridine rings is 1. The molecule has 6 nitrogen and oxygen atoms in total. The zero-order chi connectivity index (χ0) is 19.8. The highest BCUT2D eigenvalue weighted by molar-refractivity contribution is 6.46. The lowest BCUT2D eigenvalue weighted by atomic mass is 9.95. The van der Waals surface area contributed by atoms with Crippen LogP contribution in [0, 0.1) is 0 Å². The van der Waals surface area contributed by atoms with Crippen LogP contribution in [-0.4, -0.2) is 39.3 Å². The molecular weight excluding hydrogens is 356 g/mol. The molecule has 0 bridgehead atoms. The smallest absolute Gasteiger partial charge is 0.295 e. The minimum absolute atomic E-state index is 0.0827. The lowest BCUT2D eigenvalue weighted by Gasteiger charge is -2.24. The molecule has 2 unspecified atom stereocenters. The van der Waals surface area contributed by atoms with Crippen LogP contribution in [0.15, 0.2) is 48.3 Å². The van der Waals surface area contributed by atoms with E-state index in [0.29, 0.717) is 18.5 Å². The van der Waals surface area contributed by atoms with Gasteiger partial charge in [-0.25, -0.2) is 0 Å². The molecule has 0 radical (unpaired) electrons. The predicted octanol–water partition coefficient (Wildman–Crippen LogP) is 3.24. The molecule has 144 valence electrons. The predicted molar refractivity (Wildman–Crippen MR) is 104 cm³/mol. The van der Waals surface area contributed by atoms with Crippen LogP contribution < -0.4 is 4.74 Å². The zero-order valence-corrected chi connectivity index (χ0v) is 15.9. The van der Waals surface area contributed by atoms with Gasteiger partial charge in [-0.05, 0) is 54.8 Å². The highest BCUT2D eigenvalue weighted by Gasteiger charge is 2.45. The quantitative estimate of drug-likeness (QED) is 0.502. The van der Waals surface area contributed by atoms with Gasteiger partial charge in [-0.1, -0.05) is 6.92 Å². The van der Waals surface area contributed by atoms with Crippen molar-refractivity contribution in [3.8, 4) is 5.75 Å². The van der Waals surface area contributed by atoms with E-state index in [0.717, 1.165) is 23.3 Å². The van der Waals surface area contributed by atoms with Crippen molar-refractivity contribution in [2.45, 2.75) is 38.8 Å². The van der Waals surface area contributed by atoms with Gasteiger partial charge in [0.15, 0.2) is 0 Å². The van der Waals surface area contributed by atoms with Crippen molar-refractivity contribution in [3.63, 3.8) is 0 Å². The van der Waals surface area contributed by atoms with E-state index < -0.39 is 17.7 Å². The van der Waals surface area contributed by atoms with Crippen molar-refractivity contribution < 1.29 is 19.4 Å². The van der Waals surface area contributed by atoms with E-state index in [1.807, 2.05) is 19.9 Å². The van der Waals surface area contributed by atoms with Gasteiger partial charge in [0.05, 0.1) is 11.6 Å². The number of carbonyl (C=O) groups is 2. The first-order valence-corrected chi connectivity index (χ1v) is 9.49. The molecule has 1 aromatic heterocycles. The summed E-state index contributed by atoms with van der Waals surface area (Å²) in [5.41, 5.74) is 2.38. The van der Waals surface area contributed by atoms with Crippen LogP contribution in [0.5, 0.6) is 5.75 Å². The monoisotopic (exact) mass is 378 g/mol. The summed E-state index contributed by atoms with van der Waals surface area (Å²) in [5, 5.41) is 11.0. The summed E-state index contributed by atoms with van der Waals surface area (Å²) in [4.78, 5) is 31.0. The fourth-order valence-electron chi connectivity index (χ4n) is 3.97. The number of aliphatic hydroxyl groups excluding tert-OH is 1. The number of ketones is 1. The standard InChI is InChI=1S/C22H22N2O4/c1-3-10-24-19(14-6-8-23-9-7-14)18(21(26)22(24)27)20(25)15-4-5-17-16(12-15)11-13(2)28-17/h4-9,12-13,19,25H,3,10-11H2,1-2H3/b20-18-. The van der Waals surface area contributed by atoms with Crippen molar-refractivity contribution in [2.24, 2.45) is 0 Å². The Labute approximate surface area is 163 Å². The van der Waals surface area contributed by atoms with Crippen LogP contribution in [0.3, 0.4) is 0 Å². The summed E-state index contributed by atoms with van der Waals surface area (Å²) < 4.78 is 5.71. The minimum Gasteiger partial charge on any atom is -0.507 e. The Morgan fingerprint density at radius 2 is 2.00 bits per heavy atom. The number of aliphatic hydroxyl groups is 1. The molecule has 28 heavy (non-hydrogen) atoms. The second-order valence-corrected chi connectivity index (χ2v) is 7.23. The van der Waals surface area contributed by atoms with Crippen LogP contribution in [0.2, 0.25) is 0 Å². The third-order valence-electron chi connectivity index (χ3n) is 5.20. The molecule has 2 aliphatic rings. The number of likely N-dealkylation sites (tertiary alicyclic amines) is 1. The molecule has 3 heterocycles. The maximum atomic E-state index is 12.8. The maximum absolute atomic E-state index is 12.8. The van der Waals surface area contributed by atoms with E-state index in [4.69, 9.17) is 4.74 Å². The summed E-state index contributed by atoms with van der Waals surface area (Å²) in [6.07, 6.45) is 4.78. The highest BCUT2D eigenvalue weighted by Crippen LogP contribution is 2.40. The average Bonchev–Trinajstić information content (AvgIpc) is 3.19. The fraction of sp³-hybridized carbons (Fsp3) is 0.318. The van der Waals surface area contributed by atoms with E-state index in [9.17, 15) is 14.7 Å². The lowest BCUT2D eigenvalue weighted by Crippen LogP contribution is -2.30. The van der Waals surface area contributed by atoms with Crippen molar-refractivity contribution >= 4 is 17.4 Å². The number of Topliss-reactive ketones (excluding diaryl/α,β-unsaturated/α-hetero) is 1. The Morgan fingerprint density at radius 1 is 1.25 bits per heavy atom. The Balaban J connectivity index is 1.84. The fourth-order valence-corrected chi connectivity index (χ4v) is 3.97. The van der Waals surface area contributed by atoms with Gasteiger partial charge < -0.3 is 14.7 Å². The number of hydrogen-bond acceptors (Lipinski definition) is 5. The molecule has 2 aliphatic heterocycles. The van der Waals surface area contributed by atoms with Crippen LogP contribution >= 0.6 is 0 Å². The Bertz CT molecular complexity index is 968. The molecule has 4 rings (SSSR count). The van der Waals surface area contributed by atoms with Crippen LogP contribution in [0.4, 0.5) is 0 Å². The number of aromatic nitrogens is 1. The third kappa shape index (κ3) is 2.95. The van der Waals surface area contributed by atoms with Crippen molar-refractivity contribution in [1.82, 2.24) is 9.88 Å². The van der Waals surface area contributed by atoms with E-state index in [1.165, 1.54) is 4.90 Å². The van der Waals surface area contributed by atoms with Gasteiger partial charge in [0.2, 0.25) is 0 Å². The first kappa shape index (κ1) is 18.2. The highest BCUT2D eigenvalue weighted by atomic mass is 16.5. The van der Waals surface area contributed by atoms with Gasteiger partial charge in [0, 0.05) is 30.9 Å². The molecule has 1 amide bonds. The molecule has 1 aromatic carbocycles. The number of hydrogen-bond donors (Lipinski definition) is 1. The molecule has 2 aromatic rings. The molecular formula is C22H22N2O4. The third-order valence-corrected chi connectivity index (χ3v) is 5.20. The van der Waals surface area contributed by atoms with Gasteiger partial charge in [0.1, 0.15) is 17.6 Å². The number of rotatable bonds is 4. The Kier molecular flexibility index (Phi) is 4.63. The summed E-state index contributed by atoms with van der Waals surface area (Å²) in [6.45, 7) is 4.37. The van der Waals surface area contributed by atoms with E-state index in [1.54, 1.807) is 36.7 Å². The van der Waals surface area contributed by atoms with Crippen LogP contribution in [0.25, 0.3) is 5.76 Å². The van der Waals surface area contributed by atoms with Gasteiger partial charge in [-0.15, -0.1) is 0 Å². The number of benzene rings is 1. The second kappa shape index (κ2) is 7.11. The van der Waals surface area contributed by atoms with E-state index in [-0.39, 0.29) is 17.4 Å². The van der Waals surface area contributed by atoms with Gasteiger partial charge in [-0.3, -0.25) is 14.6 Å².